The number of esters is 2. The third-order valence-electron chi connectivity index (χ3n) is 6.66. The Labute approximate surface area is 307 Å². The average Bonchev–Trinajstić information content (AvgIpc) is 3.51. The predicted molar refractivity (Wildman–Crippen MR) is 190 cm³/mol. The van der Waals surface area contributed by atoms with Crippen LogP contribution in [0.2, 0.25) is 0 Å². The van der Waals surface area contributed by atoms with Gasteiger partial charge in [-0.15, -0.1) is 34.7 Å². The van der Waals surface area contributed by atoms with Gasteiger partial charge in [0.05, 0.1) is 7.11 Å². The number of nitrogens with zero attached hydrogens (tertiary/aromatic N) is 3. The molecule has 3 amide bonds. The van der Waals surface area contributed by atoms with Crippen molar-refractivity contribution in [2.45, 2.75) is 70.8 Å². The molecular weight excluding hydrogens is 726 g/mol. The highest BCUT2D eigenvalue weighted by atomic mass is 35.5. The number of methoxy groups -OCH3 is 1. The molecule has 0 radical (unpaired) electrons. The molecule has 18 heteroatoms. The number of thiazole rings is 1. The minimum absolute atomic E-state index is 0.0148. The fraction of sp³-hybridized carbons (Fsp3) is 0.424. The standard InChI is InChI=1S/C33H38ClN5O10S2/c1-17(28(42)47-32(2,3)4)49-38-22(21-16-51-30(35-21)37-31(44)48-33(5,6)7)25(40)36-23-26(41)39-24(19(13-34)15-50-27(23)39)29(43)46-14-18-9-11-20(45-8)12-10-18/h9-12,16,23,27H,1,13-15H2,2-8H3,(H,36,40)(H,35,37,44)/t23-,27-/m1/s1. The van der Waals surface area contributed by atoms with Crippen molar-refractivity contribution < 1.29 is 47.8 Å². The second kappa shape index (κ2) is 16.2. The van der Waals surface area contributed by atoms with Crippen molar-refractivity contribution in [2.75, 3.05) is 24.1 Å². The van der Waals surface area contributed by atoms with Gasteiger partial charge in [0.1, 0.15) is 46.4 Å². The Morgan fingerprint density at radius 1 is 1.08 bits per heavy atom. The maximum atomic E-state index is 13.7. The predicted octanol–water partition coefficient (Wildman–Crippen LogP) is 4.71. The highest BCUT2D eigenvalue weighted by molar-refractivity contribution is 8.00. The lowest BCUT2D eigenvalue weighted by atomic mass is 10.0. The normalized spacial score (nSPS) is 17.5. The van der Waals surface area contributed by atoms with Crippen LogP contribution in [0.15, 0.2) is 58.4 Å². The zero-order valence-corrected chi connectivity index (χ0v) is 31.4. The van der Waals surface area contributed by atoms with E-state index in [4.69, 9.17) is 35.4 Å². The van der Waals surface area contributed by atoms with Crippen molar-refractivity contribution in [1.29, 1.82) is 0 Å². The van der Waals surface area contributed by atoms with E-state index in [1.54, 1.807) is 72.9 Å². The summed E-state index contributed by atoms with van der Waals surface area (Å²) in [5, 5.41) is 9.72. The maximum Gasteiger partial charge on any atom is 0.413 e. The Morgan fingerprint density at radius 3 is 2.35 bits per heavy atom. The van der Waals surface area contributed by atoms with E-state index >= 15 is 0 Å². The molecule has 2 aromatic rings. The number of carbonyl (C=O) groups excluding carboxylic acids is 5. The van der Waals surface area contributed by atoms with Crippen LogP contribution in [0.3, 0.4) is 0 Å². The van der Waals surface area contributed by atoms with Gasteiger partial charge >= 0.3 is 18.0 Å². The summed E-state index contributed by atoms with van der Waals surface area (Å²) in [4.78, 5) is 75.9. The number of rotatable bonds is 12. The number of benzene rings is 1. The van der Waals surface area contributed by atoms with Crippen LogP contribution >= 0.6 is 34.7 Å². The lowest BCUT2D eigenvalue weighted by molar-refractivity contribution is -0.154. The van der Waals surface area contributed by atoms with Crippen LogP contribution in [0.1, 0.15) is 52.8 Å². The minimum Gasteiger partial charge on any atom is -0.497 e. The van der Waals surface area contributed by atoms with Crippen molar-refractivity contribution in [3.8, 4) is 5.75 Å². The van der Waals surface area contributed by atoms with Gasteiger partial charge in [0.2, 0.25) is 5.76 Å². The number of alkyl halides is 1. The van der Waals surface area contributed by atoms with Gasteiger partial charge < -0.3 is 29.1 Å². The molecule has 2 aliphatic rings. The number of amides is 3. The highest BCUT2D eigenvalue weighted by Gasteiger charge is 2.54. The monoisotopic (exact) mass is 763 g/mol. The lowest BCUT2D eigenvalue weighted by Gasteiger charge is -2.49. The van der Waals surface area contributed by atoms with Crippen molar-refractivity contribution in [2.24, 2.45) is 5.16 Å². The minimum atomic E-state index is -1.10. The fourth-order valence-electron chi connectivity index (χ4n) is 4.43. The number of aromatic nitrogens is 1. The smallest absolute Gasteiger partial charge is 0.413 e. The number of anilines is 1. The van der Waals surface area contributed by atoms with Crippen LogP contribution < -0.4 is 15.4 Å². The van der Waals surface area contributed by atoms with Crippen LogP contribution in [0.25, 0.3) is 0 Å². The number of halogens is 1. The maximum absolute atomic E-state index is 13.7. The summed E-state index contributed by atoms with van der Waals surface area (Å²) in [7, 11) is 1.54. The van der Waals surface area contributed by atoms with E-state index in [0.717, 1.165) is 11.3 Å². The summed E-state index contributed by atoms with van der Waals surface area (Å²) in [6.07, 6.45) is -0.780. The molecule has 3 heterocycles. The Morgan fingerprint density at radius 2 is 1.75 bits per heavy atom. The fourth-order valence-corrected chi connectivity index (χ4v) is 6.79. The summed E-state index contributed by atoms with van der Waals surface area (Å²) >= 11 is 8.41. The molecule has 51 heavy (non-hydrogen) atoms. The number of thioether (sulfide) groups is 1. The van der Waals surface area contributed by atoms with Crippen LogP contribution in [-0.2, 0) is 44.8 Å². The van der Waals surface area contributed by atoms with Crippen LogP contribution in [0, 0.1) is 0 Å². The molecule has 2 atom stereocenters. The van der Waals surface area contributed by atoms with Gasteiger partial charge in [-0.25, -0.2) is 19.4 Å². The van der Waals surface area contributed by atoms with E-state index in [-0.39, 0.29) is 29.0 Å². The molecule has 4 rings (SSSR count). The molecule has 0 saturated carbocycles. The molecule has 1 saturated heterocycles. The highest BCUT2D eigenvalue weighted by Crippen LogP contribution is 2.41. The van der Waals surface area contributed by atoms with E-state index in [1.165, 1.54) is 22.0 Å². The molecule has 2 N–H and O–H groups in total. The van der Waals surface area contributed by atoms with Crippen molar-refractivity contribution in [1.82, 2.24) is 15.2 Å². The Balaban J connectivity index is 1.52. The number of ether oxygens (including phenoxy) is 4. The summed E-state index contributed by atoms with van der Waals surface area (Å²) in [5.74, 6) is -2.77. The second-order valence-electron chi connectivity index (χ2n) is 13.0. The summed E-state index contributed by atoms with van der Waals surface area (Å²) in [6, 6.07) is 5.85. The van der Waals surface area contributed by atoms with E-state index in [9.17, 15) is 24.0 Å². The van der Waals surface area contributed by atoms with Crippen LogP contribution in [0.5, 0.6) is 5.75 Å². The SMILES string of the molecule is C=C(ON=C(C(=O)N[C@@H]1C(=O)N2C(C(=O)OCc3ccc(OC)cc3)=C(CCl)CS[C@H]12)c1csc(NC(=O)OC(C)(C)C)n1)C(=O)OC(C)(C)C. The third-order valence-corrected chi connectivity index (χ3v) is 9.08. The van der Waals surface area contributed by atoms with E-state index in [0.29, 0.717) is 22.6 Å². The van der Waals surface area contributed by atoms with E-state index in [2.05, 4.69) is 27.4 Å². The summed E-state index contributed by atoms with van der Waals surface area (Å²) < 4.78 is 21.2. The summed E-state index contributed by atoms with van der Waals surface area (Å²) in [6.45, 7) is 13.5. The largest absolute Gasteiger partial charge is 0.497 e. The topological polar surface area (TPSA) is 184 Å². The van der Waals surface area contributed by atoms with Gasteiger partial charge in [0.25, 0.3) is 11.8 Å². The first-order valence-electron chi connectivity index (χ1n) is 15.4. The van der Waals surface area contributed by atoms with Gasteiger partial charge in [-0.2, -0.15) is 0 Å². The molecule has 0 spiro atoms. The van der Waals surface area contributed by atoms with Gasteiger partial charge in [0.15, 0.2) is 10.8 Å². The molecule has 15 nitrogen and oxygen atoms in total. The molecule has 1 fully saturated rings. The van der Waals surface area contributed by atoms with Crippen molar-refractivity contribution in [3.63, 3.8) is 0 Å². The quantitative estimate of drug-likeness (QED) is 0.0444. The number of carbonyl (C=O) groups is 5. The number of β-lactam (4-membered cyclic amide) rings is 1. The Bertz CT molecular complexity index is 1760. The molecule has 274 valence electrons. The molecule has 2 aliphatic heterocycles. The Kier molecular flexibility index (Phi) is 12.4. The third kappa shape index (κ3) is 10.2. The molecule has 0 bridgehead atoms. The number of hydrogen-bond donors (Lipinski definition) is 2. The number of fused-ring (bicyclic) bond motifs is 1. The van der Waals surface area contributed by atoms with Gasteiger partial charge in [-0.1, -0.05) is 17.3 Å². The first-order chi connectivity index (χ1) is 23.9. The molecule has 1 aromatic heterocycles. The lowest BCUT2D eigenvalue weighted by Crippen LogP contribution is -2.71. The first-order valence-corrected chi connectivity index (χ1v) is 17.8. The van der Waals surface area contributed by atoms with Crippen molar-refractivity contribution >= 4 is 75.4 Å². The van der Waals surface area contributed by atoms with Crippen LogP contribution in [0.4, 0.5) is 9.93 Å². The second-order valence-corrected chi connectivity index (χ2v) is 15.2. The zero-order valence-electron chi connectivity index (χ0n) is 29.0. The first kappa shape index (κ1) is 39.2. The number of nitrogens with one attached hydrogen (secondary N) is 2. The number of hydrogen-bond acceptors (Lipinski definition) is 14. The molecule has 1 aromatic carbocycles. The van der Waals surface area contributed by atoms with E-state index in [1.807, 2.05) is 0 Å². The van der Waals surface area contributed by atoms with Gasteiger partial charge in [0, 0.05) is 17.0 Å². The zero-order chi connectivity index (χ0) is 37.7. The molecular formula is C33H38ClN5O10S2. The number of oxime groups is 1. The van der Waals surface area contributed by atoms with Gasteiger partial charge in [-0.3, -0.25) is 19.8 Å². The van der Waals surface area contributed by atoms with Crippen LogP contribution in [-0.4, -0.2) is 86.8 Å². The average molecular weight is 764 g/mol. The summed E-state index contributed by atoms with van der Waals surface area (Å²) in [5.41, 5.74) is -0.935. The van der Waals surface area contributed by atoms with E-state index < -0.39 is 63.9 Å². The van der Waals surface area contributed by atoms with Crippen molar-refractivity contribution in [3.05, 3.63) is 64.5 Å². The Hall–Kier alpha value is -4.61. The molecule has 0 aliphatic carbocycles. The van der Waals surface area contributed by atoms with Gasteiger partial charge in [-0.05, 0) is 71.4 Å². The molecule has 0 unspecified atom stereocenters.